The van der Waals surface area contributed by atoms with Crippen molar-refractivity contribution < 1.29 is 28.9 Å². The normalized spacial score (nSPS) is 19.5. The Morgan fingerprint density at radius 3 is 2.00 bits per heavy atom. The van der Waals surface area contributed by atoms with E-state index in [-0.39, 0.29) is 36.9 Å². The monoisotopic (exact) mass is 438 g/mol. The van der Waals surface area contributed by atoms with E-state index in [2.05, 4.69) is 20.1 Å². The number of unbranched alkanes of at least 4 members (excludes halogenated alkanes) is 2. The smallest absolute Gasteiger partial charge is 0.335 e. The average Bonchev–Trinajstić information content (AvgIpc) is 2.78. The van der Waals surface area contributed by atoms with Crippen LogP contribution in [0.3, 0.4) is 0 Å². The fourth-order valence-corrected chi connectivity index (χ4v) is 4.07. The number of methoxy groups -OCH3 is 1. The van der Waals surface area contributed by atoms with E-state index in [4.69, 9.17) is 19.3 Å². The first-order valence-electron chi connectivity index (χ1n) is 11.7. The predicted molar refractivity (Wildman–Crippen MR) is 121 cm³/mol. The second-order valence-corrected chi connectivity index (χ2v) is 8.82. The molecule has 1 atom stereocenters. The van der Waals surface area contributed by atoms with E-state index in [9.17, 15) is 9.59 Å². The molecule has 1 rings (SSSR count). The molecule has 1 fully saturated rings. The third-order valence-corrected chi connectivity index (χ3v) is 6.15. The van der Waals surface area contributed by atoms with Crippen LogP contribution in [0.15, 0.2) is 24.3 Å². The maximum Gasteiger partial charge on any atom is 0.335 e. The molecule has 0 amide bonds. The van der Waals surface area contributed by atoms with Crippen LogP contribution < -0.4 is 0 Å². The van der Waals surface area contributed by atoms with Crippen LogP contribution in [0.2, 0.25) is 0 Å². The summed E-state index contributed by atoms with van der Waals surface area (Å²) >= 11 is 0. The van der Waals surface area contributed by atoms with Gasteiger partial charge in [-0.05, 0) is 24.7 Å². The first kappa shape index (κ1) is 27.4. The number of hydrogen-bond acceptors (Lipinski definition) is 6. The van der Waals surface area contributed by atoms with Gasteiger partial charge >= 0.3 is 11.9 Å². The number of carbonyl (C=O) groups is 2. The second-order valence-electron chi connectivity index (χ2n) is 8.82. The quantitative estimate of drug-likeness (QED) is 0.215. The van der Waals surface area contributed by atoms with Crippen molar-refractivity contribution in [2.75, 3.05) is 33.5 Å². The highest BCUT2D eigenvalue weighted by molar-refractivity contribution is 5.88. The highest BCUT2D eigenvalue weighted by Crippen LogP contribution is 2.35. The van der Waals surface area contributed by atoms with Gasteiger partial charge in [0.15, 0.2) is 0 Å². The highest BCUT2D eigenvalue weighted by Gasteiger charge is 2.23. The summed E-state index contributed by atoms with van der Waals surface area (Å²) in [5, 5.41) is 9.03. The Labute approximate surface area is 188 Å². The second kappa shape index (κ2) is 16.0. The number of hydrogen-bond donors (Lipinski definition) is 1. The summed E-state index contributed by atoms with van der Waals surface area (Å²) in [4.78, 5) is 23.9. The average molecular weight is 439 g/mol. The van der Waals surface area contributed by atoms with Crippen LogP contribution in [0.1, 0.15) is 71.1 Å². The lowest BCUT2D eigenvalue weighted by molar-refractivity contribution is -0.145. The maximum atomic E-state index is 12.0. The van der Waals surface area contributed by atoms with Crippen molar-refractivity contribution in [3.8, 4) is 0 Å². The largest absolute Gasteiger partial charge is 0.462 e. The van der Waals surface area contributed by atoms with Gasteiger partial charge in [0.25, 0.3) is 0 Å². The number of ether oxygens (including phenoxy) is 3. The topological polar surface area (TPSA) is 82.1 Å². The molecule has 1 aliphatic carbocycles. The molecule has 0 aliphatic heterocycles. The minimum absolute atomic E-state index is 0.0191. The molecule has 1 saturated carbocycles. The molecule has 0 saturated heterocycles. The summed E-state index contributed by atoms with van der Waals surface area (Å²) in [5.74, 6) is 0.335. The Kier molecular flexibility index (Phi) is 14.2. The number of rotatable bonds is 16. The Hall–Kier alpha value is -1.66. The number of carbonyl (C=O) groups excluding carboxylic acids is 2. The van der Waals surface area contributed by atoms with Crippen LogP contribution in [0.5, 0.6) is 0 Å². The van der Waals surface area contributed by atoms with Crippen LogP contribution in [0.4, 0.5) is 0 Å². The molecule has 0 radical (unpaired) electrons. The molecule has 0 aromatic heterocycles. The van der Waals surface area contributed by atoms with Gasteiger partial charge in [-0.3, -0.25) is 0 Å². The van der Waals surface area contributed by atoms with E-state index in [0.29, 0.717) is 5.92 Å². The Bertz CT molecular complexity index is 562. The van der Waals surface area contributed by atoms with Crippen molar-refractivity contribution >= 4 is 11.9 Å². The Morgan fingerprint density at radius 1 is 0.935 bits per heavy atom. The number of aliphatic hydroxyl groups excluding tert-OH is 1. The molecular formula is C25H42O6. The van der Waals surface area contributed by atoms with Gasteiger partial charge in [0.1, 0.15) is 0 Å². The van der Waals surface area contributed by atoms with Crippen molar-refractivity contribution in [3.63, 3.8) is 0 Å². The molecule has 0 spiro atoms. The first-order valence-corrected chi connectivity index (χ1v) is 11.7. The fraction of sp³-hybridized carbons (Fsp3) is 0.760. The lowest BCUT2D eigenvalue weighted by Crippen LogP contribution is -2.24. The van der Waals surface area contributed by atoms with Crippen molar-refractivity contribution in [3.05, 3.63) is 24.3 Å². The van der Waals surface area contributed by atoms with Gasteiger partial charge < -0.3 is 19.3 Å². The van der Waals surface area contributed by atoms with Crippen molar-refractivity contribution in [1.29, 1.82) is 0 Å². The maximum absolute atomic E-state index is 12.0. The van der Waals surface area contributed by atoms with Gasteiger partial charge in [0, 0.05) is 13.0 Å². The van der Waals surface area contributed by atoms with Crippen LogP contribution >= 0.6 is 0 Å². The minimum Gasteiger partial charge on any atom is -0.462 e. The van der Waals surface area contributed by atoms with E-state index < -0.39 is 18.5 Å². The van der Waals surface area contributed by atoms with Crippen LogP contribution in [-0.2, 0) is 23.8 Å². The van der Waals surface area contributed by atoms with Gasteiger partial charge in [-0.2, -0.15) is 0 Å². The van der Waals surface area contributed by atoms with Gasteiger partial charge in [-0.1, -0.05) is 71.4 Å². The van der Waals surface area contributed by atoms with E-state index in [0.717, 1.165) is 18.8 Å². The van der Waals surface area contributed by atoms with Gasteiger partial charge in [0.2, 0.25) is 0 Å². The molecule has 0 heterocycles. The molecular weight excluding hydrogens is 396 g/mol. The molecule has 0 aromatic rings. The lowest BCUT2D eigenvalue weighted by Gasteiger charge is -2.29. The zero-order valence-electron chi connectivity index (χ0n) is 19.5. The third-order valence-electron chi connectivity index (χ3n) is 6.15. The van der Waals surface area contributed by atoms with E-state index in [1.807, 2.05) is 0 Å². The summed E-state index contributed by atoms with van der Waals surface area (Å²) < 4.78 is 15.6. The first-order chi connectivity index (χ1) is 14.9. The van der Waals surface area contributed by atoms with Gasteiger partial charge in [-0.15, -0.1) is 0 Å². The van der Waals surface area contributed by atoms with Crippen LogP contribution in [-0.4, -0.2) is 50.6 Å². The Balaban J connectivity index is 2.47. The van der Waals surface area contributed by atoms with Crippen molar-refractivity contribution in [2.24, 2.45) is 17.8 Å². The summed E-state index contributed by atoms with van der Waals surface area (Å²) in [7, 11) is 1.49. The summed E-state index contributed by atoms with van der Waals surface area (Å²) in [6.07, 6.45) is 12.2. The molecule has 31 heavy (non-hydrogen) atoms. The summed E-state index contributed by atoms with van der Waals surface area (Å²) in [6.45, 7) is 9.37. The fourth-order valence-electron chi connectivity index (χ4n) is 4.07. The Morgan fingerprint density at radius 2 is 1.48 bits per heavy atom. The molecule has 6 nitrogen and oxygen atoms in total. The van der Waals surface area contributed by atoms with E-state index in [1.54, 1.807) is 0 Å². The number of esters is 2. The minimum atomic E-state index is -0.616. The molecule has 1 N–H and O–H groups in total. The van der Waals surface area contributed by atoms with Crippen molar-refractivity contribution in [1.82, 2.24) is 0 Å². The van der Waals surface area contributed by atoms with E-state index in [1.165, 1.54) is 58.5 Å². The van der Waals surface area contributed by atoms with Crippen LogP contribution in [0.25, 0.3) is 0 Å². The SMILES string of the molecule is C=C(CO)C(=O)OCC(CCC1CCC(CCCCC)CC1)COC(=O)C(=C)COC. The zero-order chi connectivity index (χ0) is 23.1. The molecule has 1 unspecified atom stereocenters. The molecule has 1 aliphatic rings. The number of aliphatic hydroxyl groups is 1. The lowest BCUT2D eigenvalue weighted by atomic mass is 9.77. The summed E-state index contributed by atoms with van der Waals surface area (Å²) in [5.41, 5.74) is 0.277. The summed E-state index contributed by atoms with van der Waals surface area (Å²) in [6, 6.07) is 0. The van der Waals surface area contributed by atoms with Gasteiger partial charge in [0.05, 0.1) is 37.6 Å². The molecule has 178 valence electrons. The van der Waals surface area contributed by atoms with E-state index >= 15 is 0 Å². The highest BCUT2D eigenvalue weighted by atomic mass is 16.5. The molecule has 6 heteroatoms. The molecule has 0 bridgehead atoms. The predicted octanol–water partition coefficient (Wildman–Crippen LogP) is 4.61. The molecule has 0 aromatic carbocycles. The van der Waals surface area contributed by atoms with Gasteiger partial charge in [-0.25, -0.2) is 9.59 Å². The standard InChI is InChI=1S/C25H42O6/c1-5-6-7-8-21-9-11-22(12-10-21)13-14-23(17-30-24(27)19(2)15-26)18-31-25(28)20(3)16-29-4/h21-23,26H,2-3,5-18H2,1,4H3. The van der Waals surface area contributed by atoms with Crippen LogP contribution in [0, 0.1) is 17.8 Å². The van der Waals surface area contributed by atoms with Crippen molar-refractivity contribution in [2.45, 2.75) is 71.1 Å². The third kappa shape index (κ3) is 11.5. The zero-order valence-corrected chi connectivity index (χ0v) is 19.5.